The van der Waals surface area contributed by atoms with Gasteiger partial charge >= 0.3 is 12.0 Å². The first-order chi connectivity index (χ1) is 16.4. The Hall–Kier alpha value is -4.73. The molecule has 1 aromatic heterocycles. The number of nitrogens with zero attached hydrogens (tertiary/aromatic N) is 3. The smallest absolute Gasteiger partial charge is 0.319 e. The van der Waals surface area contributed by atoms with Gasteiger partial charge in [-0.05, 0) is 12.1 Å². The van der Waals surface area contributed by atoms with E-state index in [1.807, 2.05) is 30.3 Å². The molecule has 4 rings (SSSR count). The molecule has 172 valence electrons. The lowest BCUT2D eigenvalue weighted by Gasteiger charge is -2.32. The summed E-state index contributed by atoms with van der Waals surface area (Å²) in [5, 5.41) is 21.3. The number of ether oxygens (including phenoxy) is 1. The van der Waals surface area contributed by atoms with E-state index in [1.54, 1.807) is 23.0 Å². The number of non-ortho nitro benzene ring substituents is 1. The van der Waals surface area contributed by atoms with Crippen LogP contribution in [0.4, 0.5) is 10.5 Å². The predicted octanol–water partition coefficient (Wildman–Crippen LogP) is 3.66. The van der Waals surface area contributed by atoms with Gasteiger partial charge in [-0.15, -0.1) is 0 Å². The lowest BCUT2D eigenvalue weighted by molar-refractivity contribution is -0.384. The van der Waals surface area contributed by atoms with E-state index < -0.39 is 28.9 Å². The average Bonchev–Trinajstić information content (AvgIpc) is 3.28. The number of carbonyl (C=O) groups excluding carboxylic acids is 2. The highest BCUT2D eigenvalue weighted by atomic mass is 16.6. The summed E-state index contributed by atoms with van der Waals surface area (Å²) in [6.07, 6.45) is 3.12. The number of esters is 1. The summed E-state index contributed by atoms with van der Waals surface area (Å²) < 4.78 is 6.84. The van der Waals surface area contributed by atoms with E-state index in [4.69, 9.17) is 4.74 Å². The summed E-state index contributed by atoms with van der Waals surface area (Å²) in [6, 6.07) is 13.8. The molecular formula is C24H21N5O5. The molecular weight excluding hydrogens is 438 g/mol. The molecule has 0 aliphatic carbocycles. The summed E-state index contributed by atoms with van der Waals surface area (Å²) in [5.74, 6) is -1.58. The molecule has 2 aromatic carbocycles. The lowest BCUT2D eigenvalue weighted by atomic mass is 9.88. The monoisotopic (exact) mass is 459 g/mol. The Balaban J connectivity index is 1.88. The van der Waals surface area contributed by atoms with Crippen molar-refractivity contribution >= 4 is 17.7 Å². The van der Waals surface area contributed by atoms with Crippen LogP contribution >= 0.6 is 0 Å². The van der Waals surface area contributed by atoms with Gasteiger partial charge < -0.3 is 15.4 Å². The van der Waals surface area contributed by atoms with E-state index in [-0.39, 0.29) is 18.0 Å². The number of aromatic nitrogens is 2. The van der Waals surface area contributed by atoms with E-state index in [1.165, 1.54) is 18.2 Å². The van der Waals surface area contributed by atoms with Crippen LogP contribution in [0.15, 0.2) is 85.7 Å². The second kappa shape index (κ2) is 9.41. The van der Waals surface area contributed by atoms with Gasteiger partial charge in [0.25, 0.3) is 5.69 Å². The van der Waals surface area contributed by atoms with E-state index in [0.717, 1.165) is 5.69 Å². The van der Waals surface area contributed by atoms with Gasteiger partial charge in [0.15, 0.2) is 0 Å². The minimum absolute atomic E-state index is 0.00963. The minimum Gasteiger partial charge on any atom is -0.461 e. The zero-order chi connectivity index (χ0) is 24.2. The second-order valence-corrected chi connectivity index (χ2v) is 7.52. The van der Waals surface area contributed by atoms with Crippen LogP contribution in [-0.4, -0.2) is 33.3 Å². The van der Waals surface area contributed by atoms with Crippen molar-refractivity contribution in [3.63, 3.8) is 0 Å². The summed E-state index contributed by atoms with van der Waals surface area (Å²) in [6.45, 7) is 7.38. The molecule has 34 heavy (non-hydrogen) atoms. The fourth-order valence-corrected chi connectivity index (χ4v) is 3.77. The Morgan fingerprint density at radius 2 is 2.00 bits per heavy atom. The third-order valence-corrected chi connectivity index (χ3v) is 5.30. The van der Waals surface area contributed by atoms with E-state index in [0.29, 0.717) is 16.8 Å². The van der Waals surface area contributed by atoms with Crippen molar-refractivity contribution in [2.75, 3.05) is 6.61 Å². The third-order valence-electron chi connectivity index (χ3n) is 5.30. The van der Waals surface area contributed by atoms with E-state index in [9.17, 15) is 19.7 Å². The van der Waals surface area contributed by atoms with Gasteiger partial charge in [-0.3, -0.25) is 14.9 Å². The summed E-state index contributed by atoms with van der Waals surface area (Å²) >= 11 is 0. The molecule has 2 amide bonds. The standard InChI is InChI=1S/C24H21N5O5/c1-3-12-34-23(30)20-15(2)25-24(31)26-22(20)19-14-28(17-9-5-4-6-10-17)27-21(19)16-8-7-11-18(13-16)29(32)33/h3-11,13-14,20,22H,1-2,12H2,(H2,25,26,31)/t20-,22+/m0/s1. The molecule has 2 heterocycles. The van der Waals surface area contributed by atoms with Crippen LogP contribution in [0.3, 0.4) is 0 Å². The van der Waals surface area contributed by atoms with Crippen LogP contribution in [0.2, 0.25) is 0 Å². The molecule has 0 saturated carbocycles. The van der Waals surface area contributed by atoms with E-state index >= 15 is 0 Å². The van der Waals surface area contributed by atoms with Gasteiger partial charge in [0.05, 0.1) is 22.3 Å². The maximum atomic E-state index is 12.9. The Morgan fingerprint density at radius 1 is 1.24 bits per heavy atom. The van der Waals surface area contributed by atoms with Gasteiger partial charge in [-0.2, -0.15) is 5.10 Å². The zero-order valence-electron chi connectivity index (χ0n) is 18.0. The molecule has 10 nitrogen and oxygen atoms in total. The van der Waals surface area contributed by atoms with Gasteiger partial charge in [0, 0.05) is 35.2 Å². The number of amides is 2. The van der Waals surface area contributed by atoms with Crippen molar-refractivity contribution in [1.29, 1.82) is 0 Å². The molecule has 1 aliphatic rings. The Labute approximate surface area is 194 Å². The topological polar surface area (TPSA) is 128 Å². The maximum absolute atomic E-state index is 12.9. The molecule has 0 unspecified atom stereocenters. The zero-order valence-corrected chi connectivity index (χ0v) is 18.0. The molecule has 3 aromatic rings. The second-order valence-electron chi connectivity index (χ2n) is 7.52. The number of nitro benzene ring substituents is 1. The van der Waals surface area contributed by atoms with Crippen molar-refractivity contribution in [1.82, 2.24) is 20.4 Å². The Kier molecular flexibility index (Phi) is 6.22. The maximum Gasteiger partial charge on any atom is 0.319 e. The highest BCUT2D eigenvalue weighted by Crippen LogP contribution is 2.37. The number of carbonyl (C=O) groups is 2. The number of urea groups is 1. The lowest BCUT2D eigenvalue weighted by Crippen LogP contribution is -2.51. The highest BCUT2D eigenvalue weighted by molar-refractivity contribution is 5.86. The van der Waals surface area contributed by atoms with Crippen LogP contribution in [0, 0.1) is 16.0 Å². The summed E-state index contributed by atoms with van der Waals surface area (Å²) in [7, 11) is 0. The molecule has 1 aliphatic heterocycles. The van der Waals surface area contributed by atoms with Crippen molar-refractivity contribution in [2.24, 2.45) is 5.92 Å². The first-order valence-electron chi connectivity index (χ1n) is 10.3. The van der Waals surface area contributed by atoms with Gasteiger partial charge in [0.1, 0.15) is 12.5 Å². The summed E-state index contributed by atoms with van der Waals surface area (Å²) in [4.78, 5) is 36.1. The van der Waals surface area contributed by atoms with Crippen LogP contribution in [0.25, 0.3) is 16.9 Å². The largest absolute Gasteiger partial charge is 0.461 e. The SMILES string of the molecule is C=CCOC(=O)[C@H]1C(=C)NC(=O)N[C@@H]1c1cn(-c2ccccc2)nc1-c1cccc([N+](=O)[O-])c1. The first-order valence-corrected chi connectivity index (χ1v) is 10.3. The van der Waals surface area contributed by atoms with Crippen molar-refractivity contribution in [2.45, 2.75) is 6.04 Å². The quantitative estimate of drug-likeness (QED) is 0.240. The van der Waals surface area contributed by atoms with Gasteiger partial charge in [0.2, 0.25) is 0 Å². The molecule has 1 saturated heterocycles. The Bertz CT molecular complexity index is 1280. The minimum atomic E-state index is -0.969. The van der Waals surface area contributed by atoms with E-state index in [2.05, 4.69) is 28.9 Å². The molecule has 10 heteroatoms. The van der Waals surface area contributed by atoms with Crippen molar-refractivity contribution in [3.8, 4) is 16.9 Å². The molecule has 1 fully saturated rings. The first kappa shape index (κ1) is 22.5. The van der Waals surface area contributed by atoms with Crippen molar-refractivity contribution in [3.05, 3.63) is 101 Å². The predicted molar refractivity (Wildman–Crippen MR) is 124 cm³/mol. The van der Waals surface area contributed by atoms with Crippen LogP contribution in [0.5, 0.6) is 0 Å². The number of hydrogen-bond donors (Lipinski definition) is 2. The molecule has 0 spiro atoms. The van der Waals surface area contributed by atoms with Crippen LogP contribution in [-0.2, 0) is 9.53 Å². The Morgan fingerprint density at radius 3 is 2.71 bits per heavy atom. The number of rotatable bonds is 7. The fraction of sp³-hybridized carbons (Fsp3) is 0.125. The molecule has 2 N–H and O–H groups in total. The number of nitrogens with one attached hydrogen (secondary N) is 2. The normalized spacial score (nSPS) is 17.4. The van der Waals surface area contributed by atoms with Crippen molar-refractivity contribution < 1.29 is 19.2 Å². The van der Waals surface area contributed by atoms with Crippen LogP contribution < -0.4 is 10.6 Å². The number of nitro groups is 1. The third kappa shape index (κ3) is 4.42. The summed E-state index contributed by atoms with van der Waals surface area (Å²) in [5.41, 5.74) is 2.08. The number of hydrogen-bond acceptors (Lipinski definition) is 6. The highest BCUT2D eigenvalue weighted by Gasteiger charge is 2.41. The average molecular weight is 459 g/mol. The van der Waals surface area contributed by atoms with Gasteiger partial charge in [-0.1, -0.05) is 49.6 Å². The molecule has 2 atom stereocenters. The van der Waals surface area contributed by atoms with Gasteiger partial charge in [-0.25, -0.2) is 9.48 Å². The molecule has 0 radical (unpaired) electrons. The number of para-hydroxylation sites is 1. The van der Waals surface area contributed by atoms with Crippen LogP contribution in [0.1, 0.15) is 11.6 Å². The fourth-order valence-electron chi connectivity index (χ4n) is 3.77. The molecule has 0 bridgehead atoms. The number of benzene rings is 2.